The van der Waals surface area contributed by atoms with Crippen molar-refractivity contribution < 1.29 is 49.2 Å². The van der Waals surface area contributed by atoms with Gasteiger partial charge in [0.15, 0.2) is 5.78 Å². The van der Waals surface area contributed by atoms with Crippen LogP contribution in [-0.4, -0.2) is 78.4 Å². The summed E-state index contributed by atoms with van der Waals surface area (Å²) >= 11 is 0. The van der Waals surface area contributed by atoms with Gasteiger partial charge in [0.2, 0.25) is 0 Å². The van der Waals surface area contributed by atoms with Crippen LogP contribution in [0, 0.1) is 0 Å². The van der Waals surface area contributed by atoms with Crippen LogP contribution in [0.5, 0.6) is 0 Å². The molecule has 0 aromatic heterocycles. The van der Waals surface area contributed by atoms with Crippen LogP contribution in [0.2, 0.25) is 0 Å². The van der Waals surface area contributed by atoms with E-state index < -0.39 is 57.3 Å². The highest BCUT2D eigenvalue weighted by Gasteiger charge is 2.35. The van der Waals surface area contributed by atoms with Crippen LogP contribution in [0.25, 0.3) is 0 Å². The van der Waals surface area contributed by atoms with Crippen molar-refractivity contribution >= 4 is 13.6 Å². The molecule has 20 heavy (non-hydrogen) atoms. The molecule has 11 nitrogen and oxygen atoms in total. The molecule has 0 saturated heterocycles. The summed E-state index contributed by atoms with van der Waals surface area (Å²) in [5.41, 5.74) is 4.89. The predicted molar refractivity (Wildman–Crippen MR) is 61.8 cm³/mol. The first-order valence-electron chi connectivity index (χ1n) is 5.34. The number of carbonyl (C=O) groups is 1. The van der Waals surface area contributed by atoms with Crippen LogP contribution >= 0.6 is 7.82 Å². The van der Waals surface area contributed by atoms with E-state index in [1.54, 1.807) is 0 Å². The molecule has 0 aliphatic carbocycles. The molecule has 0 rings (SSSR count). The zero-order valence-electron chi connectivity index (χ0n) is 10.2. The van der Waals surface area contributed by atoms with Crippen LogP contribution in [0.4, 0.5) is 0 Å². The third-order valence-corrected chi connectivity index (χ3v) is 2.71. The Morgan fingerprint density at radius 1 is 1.10 bits per heavy atom. The minimum absolute atomic E-state index is 0.694. The van der Waals surface area contributed by atoms with Gasteiger partial charge in [-0.05, 0) is 0 Å². The molecule has 5 atom stereocenters. The normalized spacial score (nSPS) is 20.0. The van der Waals surface area contributed by atoms with Gasteiger partial charge in [-0.3, -0.25) is 9.32 Å². The van der Waals surface area contributed by atoms with Gasteiger partial charge >= 0.3 is 7.82 Å². The summed E-state index contributed by atoms with van der Waals surface area (Å²) in [4.78, 5) is 28.0. The summed E-state index contributed by atoms with van der Waals surface area (Å²) in [7, 11) is -4.88. The average molecular weight is 319 g/mol. The lowest BCUT2D eigenvalue weighted by atomic mass is 9.99. The molecule has 0 spiro atoms. The number of hydrogen-bond acceptors (Lipinski definition) is 9. The van der Waals surface area contributed by atoms with Crippen molar-refractivity contribution in [2.45, 2.75) is 37.1 Å². The Balaban J connectivity index is 4.48. The van der Waals surface area contributed by atoms with Crippen molar-refractivity contribution in [2.24, 2.45) is 5.73 Å². The monoisotopic (exact) mass is 319 g/mol. The Hall–Kier alpha value is -0.460. The Morgan fingerprint density at radius 2 is 1.60 bits per heavy atom. The van der Waals surface area contributed by atoms with Gasteiger partial charge < -0.3 is 41.1 Å². The molecule has 0 amide bonds. The average Bonchev–Trinajstić information content (AvgIpc) is 2.31. The van der Waals surface area contributed by atoms with Crippen LogP contribution in [0.1, 0.15) is 6.42 Å². The lowest BCUT2D eigenvalue weighted by Gasteiger charge is -2.26. The number of nitrogens with two attached hydrogens (primary N) is 1. The zero-order chi connectivity index (χ0) is 16.1. The highest BCUT2D eigenvalue weighted by atomic mass is 31.2. The van der Waals surface area contributed by atoms with Gasteiger partial charge in [-0.15, -0.1) is 0 Å². The maximum Gasteiger partial charge on any atom is 0.469 e. The third-order valence-electron chi connectivity index (χ3n) is 2.22. The fourth-order valence-corrected chi connectivity index (χ4v) is 1.55. The molecule has 0 heterocycles. The molecule has 0 fully saturated rings. The van der Waals surface area contributed by atoms with Crippen LogP contribution < -0.4 is 5.73 Å². The molecule has 0 saturated carbocycles. The van der Waals surface area contributed by atoms with Gasteiger partial charge in [-0.2, -0.15) is 0 Å². The first-order valence-corrected chi connectivity index (χ1v) is 6.87. The maximum absolute atomic E-state index is 11.2. The maximum atomic E-state index is 11.2. The second kappa shape index (κ2) is 8.10. The van der Waals surface area contributed by atoms with E-state index >= 15 is 0 Å². The van der Waals surface area contributed by atoms with Gasteiger partial charge in [-0.1, -0.05) is 0 Å². The number of hydrogen-bond donors (Lipinski definition) is 8. The highest BCUT2D eigenvalue weighted by Crippen LogP contribution is 2.35. The molecule has 0 radical (unpaired) electrons. The zero-order valence-corrected chi connectivity index (χ0v) is 11.1. The molecule has 1 unspecified atom stereocenters. The SMILES string of the molecule is NC(O)CC(=O)[C@H](O)[C@@H](O)[C@H](O)[C@H](O)COP(=O)(O)O. The second-order valence-electron chi connectivity index (χ2n) is 4.02. The third kappa shape index (κ3) is 7.36. The number of phosphoric acid groups is 1. The fourth-order valence-electron chi connectivity index (χ4n) is 1.20. The Bertz CT molecular complexity index is 357. The number of carbonyl (C=O) groups excluding carboxylic acids is 1. The second-order valence-corrected chi connectivity index (χ2v) is 5.26. The van der Waals surface area contributed by atoms with Crippen molar-refractivity contribution in [3.63, 3.8) is 0 Å². The number of phosphoric ester groups is 1. The lowest BCUT2D eigenvalue weighted by Crippen LogP contribution is -2.49. The Kier molecular flexibility index (Phi) is 7.91. The largest absolute Gasteiger partial charge is 0.469 e. The molecule has 0 aliphatic rings. The quantitative estimate of drug-likeness (QED) is 0.151. The van der Waals surface area contributed by atoms with Crippen LogP contribution in [0.15, 0.2) is 0 Å². The van der Waals surface area contributed by atoms with Crippen LogP contribution in [-0.2, 0) is 13.9 Å². The van der Waals surface area contributed by atoms with E-state index in [0.717, 1.165) is 0 Å². The molecular weight excluding hydrogens is 301 g/mol. The summed E-state index contributed by atoms with van der Waals surface area (Å²) in [6.07, 6.45) is -10.6. The van der Waals surface area contributed by atoms with Crippen molar-refractivity contribution in [2.75, 3.05) is 6.61 Å². The van der Waals surface area contributed by atoms with Crippen molar-refractivity contribution in [1.82, 2.24) is 0 Å². The summed E-state index contributed by atoms with van der Waals surface area (Å²) in [6.45, 7) is -1.04. The fraction of sp³-hybridized carbons (Fsp3) is 0.875. The Morgan fingerprint density at radius 3 is 2.00 bits per heavy atom. The lowest BCUT2D eigenvalue weighted by molar-refractivity contribution is -0.148. The highest BCUT2D eigenvalue weighted by molar-refractivity contribution is 7.46. The number of aliphatic hydroxyl groups excluding tert-OH is 5. The molecule has 120 valence electrons. The topological polar surface area (TPSA) is 211 Å². The van der Waals surface area contributed by atoms with Crippen molar-refractivity contribution in [3.05, 3.63) is 0 Å². The van der Waals surface area contributed by atoms with Crippen molar-refractivity contribution in [1.29, 1.82) is 0 Å². The van der Waals surface area contributed by atoms with Gasteiger partial charge in [0.05, 0.1) is 6.61 Å². The van der Waals surface area contributed by atoms with E-state index in [4.69, 9.17) is 20.6 Å². The summed E-state index contributed by atoms with van der Waals surface area (Å²) in [6, 6.07) is 0. The first-order chi connectivity index (χ1) is 8.95. The number of rotatable bonds is 9. The molecule has 0 aromatic rings. The summed E-state index contributed by atoms with van der Waals surface area (Å²) in [5.74, 6) is -1.09. The van der Waals surface area contributed by atoms with E-state index in [1.807, 2.05) is 0 Å². The molecule has 0 aliphatic heterocycles. The van der Waals surface area contributed by atoms with Crippen molar-refractivity contribution in [3.8, 4) is 0 Å². The standard InChI is InChI=1S/C8H18NO10P/c9-5(12)1-3(10)6(13)8(15)7(14)4(11)2-19-20(16,17)18/h4-8,11-15H,1-2,9H2,(H2,16,17,18)/t4-,5?,6+,7-,8-/m1/s1. The smallest absolute Gasteiger partial charge is 0.388 e. The van der Waals surface area contributed by atoms with Gasteiger partial charge in [-0.25, -0.2) is 4.57 Å². The number of aliphatic hydroxyl groups is 5. The summed E-state index contributed by atoms with van der Waals surface area (Å²) in [5, 5.41) is 46.2. The minimum atomic E-state index is -4.88. The molecule has 0 bridgehead atoms. The Labute approximate surface area is 113 Å². The van der Waals surface area contributed by atoms with E-state index in [1.165, 1.54) is 0 Å². The molecule has 9 N–H and O–H groups in total. The number of ketones is 1. The number of Topliss-reactive ketones (excluding diaryl/α,β-unsaturated/α-hetero) is 1. The first kappa shape index (κ1) is 19.5. The van der Waals surface area contributed by atoms with E-state index in [2.05, 4.69) is 4.52 Å². The van der Waals surface area contributed by atoms with Crippen LogP contribution in [0.3, 0.4) is 0 Å². The summed E-state index contributed by atoms with van der Waals surface area (Å²) < 4.78 is 14.2. The van der Waals surface area contributed by atoms with Gasteiger partial charge in [0, 0.05) is 6.42 Å². The molecule has 12 heteroatoms. The van der Waals surface area contributed by atoms with E-state index in [-0.39, 0.29) is 0 Å². The predicted octanol–water partition coefficient (Wildman–Crippen LogP) is -4.22. The molecular formula is C8H18NO10P. The van der Waals surface area contributed by atoms with E-state index in [9.17, 15) is 29.8 Å². The molecule has 0 aromatic carbocycles. The van der Waals surface area contributed by atoms with Gasteiger partial charge in [0.1, 0.15) is 30.6 Å². The van der Waals surface area contributed by atoms with E-state index in [0.29, 0.717) is 0 Å². The minimum Gasteiger partial charge on any atom is -0.388 e. The van der Waals surface area contributed by atoms with Gasteiger partial charge in [0.25, 0.3) is 0 Å².